The lowest BCUT2D eigenvalue weighted by atomic mass is 9.73. The Morgan fingerprint density at radius 3 is 2.02 bits per heavy atom. The molecular weight excluding hydrogens is 631 g/mol. The molecule has 7 aromatic rings. The normalized spacial score (nSPS) is 18.9. The fraction of sp³-hybridized carbons (Fsp3) is 0.0800. The van der Waals surface area contributed by atoms with Gasteiger partial charge in [0, 0.05) is 51.2 Å². The van der Waals surface area contributed by atoms with Gasteiger partial charge in [-0.3, -0.25) is 0 Å². The third-order valence-electron chi connectivity index (χ3n) is 11.0. The van der Waals surface area contributed by atoms with Gasteiger partial charge in [0.2, 0.25) is 0 Å². The Kier molecular flexibility index (Phi) is 7.46. The van der Waals surface area contributed by atoms with Crippen molar-refractivity contribution < 1.29 is 4.42 Å². The van der Waals surface area contributed by atoms with Crippen molar-refractivity contribution in [3.05, 3.63) is 222 Å². The van der Waals surface area contributed by atoms with Gasteiger partial charge in [-0.1, -0.05) is 158 Å². The van der Waals surface area contributed by atoms with Crippen LogP contribution in [0.1, 0.15) is 40.5 Å². The molecule has 0 saturated carbocycles. The molecular formula is C50H37NO. The van der Waals surface area contributed by atoms with E-state index in [9.17, 15) is 0 Å². The molecule has 2 nitrogen and oxygen atoms in total. The number of anilines is 2. The van der Waals surface area contributed by atoms with Gasteiger partial charge in [0.05, 0.1) is 0 Å². The van der Waals surface area contributed by atoms with Crippen LogP contribution >= 0.6 is 0 Å². The van der Waals surface area contributed by atoms with Crippen LogP contribution in [-0.4, -0.2) is 0 Å². The van der Waals surface area contributed by atoms with Crippen LogP contribution in [0.2, 0.25) is 0 Å². The van der Waals surface area contributed by atoms with E-state index in [1.165, 1.54) is 49.7 Å². The summed E-state index contributed by atoms with van der Waals surface area (Å²) in [5, 5.41) is 2.35. The maximum atomic E-state index is 6.43. The third kappa shape index (κ3) is 5.27. The van der Waals surface area contributed by atoms with E-state index in [1.807, 2.05) is 6.07 Å². The van der Waals surface area contributed by atoms with E-state index < -0.39 is 0 Å². The molecule has 1 heterocycles. The monoisotopic (exact) mass is 667 g/mol. The largest absolute Gasteiger partial charge is 0.456 e. The lowest BCUT2D eigenvalue weighted by Crippen LogP contribution is -2.18. The van der Waals surface area contributed by atoms with E-state index in [2.05, 4.69) is 193 Å². The third-order valence-corrected chi connectivity index (χ3v) is 11.0. The highest BCUT2D eigenvalue weighted by Crippen LogP contribution is 2.45. The molecule has 10 rings (SSSR count). The van der Waals surface area contributed by atoms with Crippen molar-refractivity contribution in [2.45, 2.75) is 18.3 Å². The Morgan fingerprint density at radius 1 is 0.538 bits per heavy atom. The van der Waals surface area contributed by atoms with Crippen LogP contribution in [0.25, 0.3) is 38.6 Å². The first-order chi connectivity index (χ1) is 25.8. The van der Waals surface area contributed by atoms with Crippen molar-refractivity contribution in [3.63, 3.8) is 0 Å². The van der Waals surface area contributed by atoms with Crippen LogP contribution in [0.5, 0.6) is 0 Å². The number of allylic oxidation sites excluding steroid dienone is 8. The molecule has 1 aromatic heterocycles. The van der Waals surface area contributed by atoms with Gasteiger partial charge in [0.1, 0.15) is 11.2 Å². The molecule has 0 N–H and O–H groups in total. The van der Waals surface area contributed by atoms with Crippen LogP contribution in [0.3, 0.4) is 0 Å². The summed E-state index contributed by atoms with van der Waals surface area (Å²) in [6.07, 6.45) is 19.4. The summed E-state index contributed by atoms with van der Waals surface area (Å²) in [5.74, 6) is 0.986. The van der Waals surface area contributed by atoms with E-state index in [-0.39, 0.29) is 5.92 Å². The van der Waals surface area contributed by atoms with Gasteiger partial charge in [-0.15, -0.1) is 0 Å². The Labute approximate surface area is 304 Å². The molecule has 3 atom stereocenters. The molecule has 3 unspecified atom stereocenters. The molecule has 2 heteroatoms. The first-order valence-corrected chi connectivity index (χ1v) is 18.3. The molecule has 0 aliphatic heterocycles. The number of nitrogens with zero attached hydrogens (tertiary/aromatic N) is 1. The van der Waals surface area contributed by atoms with Gasteiger partial charge in [-0.25, -0.2) is 0 Å². The standard InChI is InChI=1S/C50H37NO/c1-2-11-34(12-3-1)35-21-27-39(28-22-35)51(40-29-23-36(24-30-40)43-18-10-19-47-46-17-8-9-20-49(46)52-50(43)47)41-31-25-37(26-32-41)48-33-38-13-4-5-14-42(38)44-15-6-7-16-45(44)48/h1-23,25-33,36,38,42H,24H2. The Balaban J connectivity index is 1.01. The highest BCUT2D eigenvalue weighted by molar-refractivity contribution is 6.06. The predicted molar refractivity (Wildman–Crippen MR) is 217 cm³/mol. The van der Waals surface area contributed by atoms with E-state index in [4.69, 9.17) is 4.42 Å². The second kappa shape index (κ2) is 12.7. The maximum absolute atomic E-state index is 6.43. The molecule has 0 saturated heterocycles. The van der Waals surface area contributed by atoms with Crippen molar-refractivity contribution in [2.75, 3.05) is 4.90 Å². The molecule has 6 aromatic carbocycles. The van der Waals surface area contributed by atoms with Gasteiger partial charge >= 0.3 is 0 Å². The molecule has 0 bridgehead atoms. The minimum Gasteiger partial charge on any atom is -0.456 e. The number of hydrogen-bond acceptors (Lipinski definition) is 2. The van der Waals surface area contributed by atoms with Crippen LogP contribution in [-0.2, 0) is 0 Å². The average Bonchev–Trinajstić information content (AvgIpc) is 3.61. The summed E-state index contributed by atoms with van der Waals surface area (Å²) in [6, 6.07) is 52.5. The smallest absolute Gasteiger partial charge is 0.139 e. The number of furan rings is 1. The Bertz CT molecular complexity index is 2600. The topological polar surface area (TPSA) is 16.4 Å². The Hall–Kier alpha value is -6.38. The predicted octanol–water partition coefficient (Wildman–Crippen LogP) is 13.3. The average molecular weight is 668 g/mol. The van der Waals surface area contributed by atoms with Crippen molar-refractivity contribution >= 4 is 38.9 Å². The number of fused-ring (bicyclic) bond motifs is 6. The van der Waals surface area contributed by atoms with Gasteiger partial charge in [0.15, 0.2) is 0 Å². The molecule has 248 valence electrons. The second-order valence-electron chi connectivity index (χ2n) is 14.0. The summed E-state index contributed by atoms with van der Waals surface area (Å²) < 4.78 is 6.43. The van der Waals surface area contributed by atoms with Gasteiger partial charge in [-0.2, -0.15) is 0 Å². The zero-order valence-corrected chi connectivity index (χ0v) is 28.8. The lowest BCUT2D eigenvalue weighted by molar-refractivity contribution is 0.657. The number of hydrogen-bond donors (Lipinski definition) is 0. The fourth-order valence-electron chi connectivity index (χ4n) is 8.40. The molecule has 0 spiro atoms. The summed E-state index contributed by atoms with van der Waals surface area (Å²) in [7, 11) is 0. The molecule has 0 radical (unpaired) electrons. The van der Waals surface area contributed by atoms with Crippen molar-refractivity contribution in [3.8, 4) is 11.1 Å². The first-order valence-electron chi connectivity index (χ1n) is 18.3. The van der Waals surface area contributed by atoms with Crippen LogP contribution in [0, 0.1) is 5.92 Å². The molecule has 0 fully saturated rings. The molecule has 0 amide bonds. The van der Waals surface area contributed by atoms with E-state index in [0.717, 1.165) is 34.7 Å². The first kappa shape index (κ1) is 30.4. The van der Waals surface area contributed by atoms with Gasteiger partial charge < -0.3 is 9.32 Å². The van der Waals surface area contributed by atoms with E-state index in [1.54, 1.807) is 0 Å². The highest BCUT2D eigenvalue weighted by Gasteiger charge is 2.28. The summed E-state index contributed by atoms with van der Waals surface area (Å²) in [5.41, 5.74) is 14.3. The van der Waals surface area contributed by atoms with Crippen LogP contribution in [0.4, 0.5) is 11.4 Å². The summed E-state index contributed by atoms with van der Waals surface area (Å²) >= 11 is 0. The molecule has 52 heavy (non-hydrogen) atoms. The fourth-order valence-corrected chi connectivity index (χ4v) is 8.40. The Morgan fingerprint density at radius 2 is 1.21 bits per heavy atom. The number of para-hydroxylation sites is 2. The van der Waals surface area contributed by atoms with Gasteiger partial charge in [0.25, 0.3) is 0 Å². The number of benzene rings is 6. The minimum absolute atomic E-state index is 0.225. The molecule has 3 aliphatic rings. The van der Waals surface area contributed by atoms with Crippen molar-refractivity contribution in [2.24, 2.45) is 5.92 Å². The summed E-state index contributed by atoms with van der Waals surface area (Å²) in [4.78, 5) is 2.39. The van der Waals surface area contributed by atoms with Crippen molar-refractivity contribution in [1.29, 1.82) is 0 Å². The highest BCUT2D eigenvalue weighted by atomic mass is 16.3. The minimum atomic E-state index is 0.225. The van der Waals surface area contributed by atoms with Crippen molar-refractivity contribution in [1.82, 2.24) is 0 Å². The zero-order valence-electron chi connectivity index (χ0n) is 28.8. The zero-order chi connectivity index (χ0) is 34.4. The van der Waals surface area contributed by atoms with E-state index in [0.29, 0.717) is 11.8 Å². The van der Waals surface area contributed by atoms with Gasteiger partial charge in [-0.05, 0) is 76.2 Å². The SMILES string of the molecule is C1=CC2C=C(c3ccc(N(C4=CCC(c5cccc6c5oc5ccccc56)C=C4)c4ccc(-c5ccccc5)cc4)cc3)c3ccccc3C2C=C1. The van der Waals surface area contributed by atoms with Crippen LogP contribution in [0.15, 0.2) is 204 Å². The maximum Gasteiger partial charge on any atom is 0.139 e. The second-order valence-corrected chi connectivity index (χ2v) is 14.0. The quantitative estimate of drug-likeness (QED) is 0.175. The lowest BCUT2D eigenvalue weighted by Gasteiger charge is -2.31. The molecule has 3 aliphatic carbocycles. The summed E-state index contributed by atoms with van der Waals surface area (Å²) in [6.45, 7) is 0. The van der Waals surface area contributed by atoms with Crippen LogP contribution < -0.4 is 4.90 Å². The number of rotatable bonds is 6. The van der Waals surface area contributed by atoms with E-state index >= 15 is 0 Å².